The Morgan fingerprint density at radius 3 is 2.22 bits per heavy atom. The first-order valence-corrected chi connectivity index (χ1v) is 5.65. The number of rotatable bonds is 5. The van der Waals surface area contributed by atoms with Gasteiger partial charge in [-0.05, 0) is 27.2 Å². The number of nitrogens with two attached hydrogens (primary N) is 1. The molecule has 0 heterocycles. The van der Waals surface area contributed by atoms with E-state index in [9.17, 15) is 14.4 Å². The number of primary amides is 1. The van der Waals surface area contributed by atoms with Crippen molar-refractivity contribution in [3.8, 4) is 0 Å². The first-order chi connectivity index (χ1) is 8.15. The van der Waals surface area contributed by atoms with Gasteiger partial charge < -0.3 is 21.1 Å². The van der Waals surface area contributed by atoms with Gasteiger partial charge in [0, 0.05) is 13.5 Å². The molecule has 0 bridgehead atoms. The Morgan fingerprint density at radius 2 is 1.83 bits per heavy atom. The Hall–Kier alpha value is -1.79. The molecule has 0 spiro atoms. The summed E-state index contributed by atoms with van der Waals surface area (Å²) in [4.78, 5) is 33.7. The molecule has 4 N–H and O–H groups in total. The highest BCUT2D eigenvalue weighted by Gasteiger charge is 2.23. The summed E-state index contributed by atoms with van der Waals surface area (Å²) in [6.07, 6.45) is -0.567. The molecular weight excluding hydrogens is 238 g/mol. The van der Waals surface area contributed by atoms with Crippen molar-refractivity contribution >= 4 is 17.9 Å². The van der Waals surface area contributed by atoms with Gasteiger partial charge in [-0.2, -0.15) is 0 Å². The van der Waals surface area contributed by atoms with E-state index in [1.165, 1.54) is 7.05 Å². The molecular formula is C11H21N3O4. The van der Waals surface area contributed by atoms with Crippen molar-refractivity contribution < 1.29 is 19.1 Å². The van der Waals surface area contributed by atoms with Gasteiger partial charge in [-0.1, -0.05) is 0 Å². The molecule has 7 heteroatoms. The third-order valence-corrected chi connectivity index (χ3v) is 1.93. The topological polar surface area (TPSA) is 111 Å². The van der Waals surface area contributed by atoms with E-state index >= 15 is 0 Å². The van der Waals surface area contributed by atoms with E-state index in [4.69, 9.17) is 10.5 Å². The Labute approximate surface area is 106 Å². The molecule has 0 aliphatic carbocycles. The minimum atomic E-state index is -0.836. The van der Waals surface area contributed by atoms with Gasteiger partial charge in [0.1, 0.15) is 11.6 Å². The summed E-state index contributed by atoms with van der Waals surface area (Å²) in [5, 5.41) is 4.79. The lowest BCUT2D eigenvalue weighted by atomic mass is 10.1. The second-order valence-electron chi connectivity index (χ2n) is 4.82. The van der Waals surface area contributed by atoms with E-state index in [2.05, 4.69) is 10.6 Å². The third-order valence-electron chi connectivity index (χ3n) is 1.93. The minimum absolute atomic E-state index is 0.00782. The molecule has 104 valence electrons. The standard InChI is InChI=1S/C11H21N3O4/c1-11(2,3)18-10(17)14-7(9(16)13-4)5-6-8(12)15/h7H,5-6H2,1-4H3,(H2,12,15)(H,13,16)(H,14,17)/t7-/m0/s1. The van der Waals surface area contributed by atoms with Crippen molar-refractivity contribution in [1.29, 1.82) is 0 Å². The highest BCUT2D eigenvalue weighted by molar-refractivity contribution is 5.86. The third kappa shape index (κ3) is 7.48. The number of carbonyl (C=O) groups is 3. The Morgan fingerprint density at radius 1 is 1.28 bits per heavy atom. The Balaban J connectivity index is 4.45. The average Bonchev–Trinajstić information content (AvgIpc) is 2.20. The summed E-state index contributed by atoms with van der Waals surface area (Å²) in [6, 6.07) is -0.836. The first-order valence-electron chi connectivity index (χ1n) is 5.65. The molecule has 3 amide bonds. The highest BCUT2D eigenvalue weighted by Crippen LogP contribution is 2.07. The van der Waals surface area contributed by atoms with Crippen LogP contribution in [0.3, 0.4) is 0 Å². The molecule has 0 rings (SSSR count). The molecule has 0 aromatic heterocycles. The van der Waals surface area contributed by atoms with Crippen molar-refractivity contribution in [1.82, 2.24) is 10.6 Å². The molecule has 0 aromatic carbocycles. The molecule has 1 atom stereocenters. The largest absolute Gasteiger partial charge is 0.444 e. The Kier molecular flexibility index (Phi) is 6.15. The number of amides is 3. The first kappa shape index (κ1) is 16.2. The number of hydrogen-bond acceptors (Lipinski definition) is 4. The van der Waals surface area contributed by atoms with Crippen molar-refractivity contribution in [3.05, 3.63) is 0 Å². The predicted molar refractivity (Wildman–Crippen MR) is 65.7 cm³/mol. The molecule has 0 fully saturated rings. The molecule has 0 saturated carbocycles. The number of nitrogens with one attached hydrogen (secondary N) is 2. The smallest absolute Gasteiger partial charge is 0.408 e. The molecule has 0 aliphatic heterocycles. The van der Waals surface area contributed by atoms with Gasteiger partial charge in [-0.3, -0.25) is 9.59 Å². The number of alkyl carbamates (subject to hydrolysis) is 1. The number of likely N-dealkylation sites (N-methyl/N-ethyl adjacent to an activating group) is 1. The van der Waals surface area contributed by atoms with E-state index in [0.29, 0.717) is 0 Å². The SMILES string of the molecule is CNC(=O)[C@H](CCC(N)=O)NC(=O)OC(C)(C)C. The Bertz CT molecular complexity index is 323. The lowest BCUT2D eigenvalue weighted by Gasteiger charge is -2.22. The van der Waals surface area contributed by atoms with Crippen LogP contribution in [0.15, 0.2) is 0 Å². The van der Waals surface area contributed by atoms with E-state index in [-0.39, 0.29) is 12.8 Å². The van der Waals surface area contributed by atoms with Gasteiger partial charge in [0.15, 0.2) is 0 Å². The van der Waals surface area contributed by atoms with Gasteiger partial charge >= 0.3 is 6.09 Å². The fourth-order valence-electron chi connectivity index (χ4n) is 1.18. The summed E-state index contributed by atoms with van der Waals surface area (Å²) in [5.74, 6) is -0.933. The lowest BCUT2D eigenvalue weighted by Crippen LogP contribution is -2.47. The normalized spacial score (nSPS) is 12.4. The molecule has 18 heavy (non-hydrogen) atoms. The summed E-state index contributed by atoms with van der Waals surface area (Å²) >= 11 is 0. The van der Waals surface area contributed by atoms with Gasteiger partial charge in [0.25, 0.3) is 0 Å². The van der Waals surface area contributed by atoms with Crippen LogP contribution in [0, 0.1) is 0 Å². The molecule has 0 saturated heterocycles. The summed E-state index contributed by atoms with van der Waals surface area (Å²) in [5.41, 5.74) is 4.35. The van der Waals surface area contributed by atoms with Crippen LogP contribution in [0.25, 0.3) is 0 Å². The van der Waals surface area contributed by atoms with E-state index in [0.717, 1.165) is 0 Å². The fraction of sp³-hybridized carbons (Fsp3) is 0.727. The van der Waals surface area contributed by atoms with Crippen LogP contribution in [-0.4, -0.2) is 36.6 Å². The second kappa shape index (κ2) is 6.83. The zero-order valence-corrected chi connectivity index (χ0v) is 11.2. The van der Waals surface area contributed by atoms with Crippen LogP contribution in [0.1, 0.15) is 33.6 Å². The van der Waals surface area contributed by atoms with E-state index in [1.54, 1.807) is 20.8 Å². The highest BCUT2D eigenvalue weighted by atomic mass is 16.6. The van der Waals surface area contributed by atoms with Crippen LogP contribution < -0.4 is 16.4 Å². The molecule has 7 nitrogen and oxygen atoms in total. The fourth-order valence-corrected chi connectivity index (χ4v) is 1.18. The van der Waals surface area contributed by atoms with Gasteiger partial charge in [-0.15, -0.1) is 0 Å². The summed E-state index contributed by atoms with van der Waals surface area (Å²) < 4.78 is 5.02. The summed E-state index contributed by atoms with van der Waals surface area (Å²) in [7, 11) is 1.44. The zero-order chi connectivity index (χ0) is 14.3. The maximum atomic E-state index is 11.5. The quantitative estimate of drug-likeness (QED) is 0.639. The van der Waals surface area contributed by atoms with Gasteiger partial charge in [0.2, 0.25) is 11.8 Å². The number of hydrogen-bond donors (Lipinski definition) is 3. The van der Waals surface area contributed by atoms with E-state index in [1.807, 2.05) is 0 Å². The van der Waals surface area contributed by atoms with Crippen molar-refractivity contribution in [2.75, 3.05) is 7.05 Å². The van der Waals surface area contributed by atoms with Gasteiger partial charge in [-0.25, -0.2) is 4.79 Å². The number of carbonyl (C=O) groups excluding carboxylic acids is 3. The van der Waals surface area contributed by atoms with Crippen LogP contribution in [0.2, 0.25) is 0 Å². The minimum Gasteiger partial charge on any atom is -0.444 e. The molecule has 0 unspecified atom stereocenters. The van der Waals surface area contributed by atoms with Crippen LogP contribution >= 0.6 is 0 Å². The predicted octanol–water partition coefficient (Wildman–Crippen LogP) is -0.109. The maximum Gasteiger partial charge on any atom is 0.408 e. The van der Waals surface area contributed by atoms with Crippen LogP contribution in [0.4, 0.5) is 4.79 Å². The van der Waals surface area contributed by atoms with E-state index < -0.39 is 29.6 Å². The zero-order valence-electron chi connectivity index (χ0n) is 11.2. The average molecular weight is 259 g/mol. The maximum absolute atomic E-state index is 11.5. The molecule has 0 aromatic rings. The van der Waals surface area contributed by atoms with Crippen molar-refractivity contribution in [2.24, 2.45) is 5.73 Å². The van der Waals surface area contributed by atoms with Crippen molar-refractivity contribution in [2.45, 2.75) is 45.3 Å². The second-order valence-corrected chi connectivity index (χ2v) is 4.82. The lowest BCUT2D eigenvalue weighted by molar-refractivity contribution is -0.123. The molecule has 0 radical (unpaired) electrons. The number of ether oxygens (including phenoxy) is 1. The van der Waals surface area contributed by atoms with Crippen LogP contribution in [-0.2, 0) is 14.3 Å². The monoisotopic (exact) mass is 259 g/mol. The van der Waals surface area contributed by atoms with Crippen LogP contribution in [0.5, 0.6) is 0 Å². The molecule has 0 aliphatic rings. The van der Waals surface area contributed by atoms with Gasteiger partial charge in [0.05, 0.1) is 0 Å². The van der Waals surface area contributed by atoms with Crippen molar-refractivity contribution in [3.63, 3.8) is 0 Å². The summed E-state index contributed by atoms with van der Waals surface area (Å²) in [6.45, 7) is 5.14.